The minimum absolute atomic E-state index is 0.00458. The van der Waals surface area contributed by atoms with Gasteiger partial charge in [-0.15, -0.1) is 0 Å². The number of hydrogen-bond donors (Lipinski definition) is 9. The van der Waals surface area contributed by atoms with Gasteiger partial charge >= 0.3 is 35.4 Å². The molecule has 0 aromatic heterocycles. The highest BCUT2D eigenvalue weighted by molar-refractivity contribution is 7.80. The van der Waals surface area contributed by atoms with Gasteiger partial charge in [0.2, 0.25) is 0 Å². The van der Waals surface area contributed by atoms with Gasteiger partial charge in [-0.2, -0.15) is 12.6 Å². The second-order valence-corrected chi connectivity index (χ2v) is 19.6. The van der Waals surface area contributed by atoms with E-state index in [1.54, 1.807) is 0 Å². The van der Waals surface area contributed by atoms with Crippen LogP contribution in [0.25, 0.3) is 0 Å². The predicted octanol–water partition coefficient (Wildman–Crippen LogP) is 6.31. The van der Waals surface area contributed by atoms with Crippen molar-refractivity contribution < 1.29 is 90.6 Å². The fourth-order valence-corrected chi connectivity index (χ4v) is 9.07. The first-order valence-corrected chi connectivity index (χ1v) is 26.6. The maximum atomic E-state index is 13.1. The maximum absolute atomic E-state index is 13.1. The van der Waals surface area contributed by atoms with E-state index in [2.05, 4.69) is 28.6 Å². The molecule has 8 N–H and O–H groups in total. The Morgan fingerprint density at radius 2 is 0.867 bits per heavy atom. The first kappa shape index (κ1) is 57.5. The summed E-state index contributed by atoms with van der Waals surface area (Å²) in [5.41, 5.74) is 0. The Bertz CT molecular complexity index is 1260. The molecule has 1 aliphatic rings. The quantitative estimate of drug-likeness (QED) is 0.0143. The van der Waals surface area contributed by atoms with E-state index < -0.39 is 91.3 Å². The molecule has 0 heterocycles. The number of phosphoric ester groups is 3. The number of aliphatic hydroxyl groups excluding tert-OH is 3. The molecule has 8 atom stereocenters. The summed E-state index contributed by atoms with van der Waals surface area (Å²) in [5.74, 6) is -0.429. The van der Waals surface area contributed by atoms with Crippen molar-refractivity contribution in [3.8, 4) is 0 Å². The van der Waals surface area contributed by atoms with Crippen LogP contribution in [0.2, 0.25) is 0 Å². The van der Waals surface area contributed by atoms with Crippen LogP contribution in [0, 0.1) is 0 Å². The summed E-state index contributed by atoms with van der Waals surface area (Å²) in [5, 5.41) is 31.7. The molecule has 19 nitrogen and oxygen atoms in total. The summed E-state index contributed by atoms with van der Waals surface area (Å²) in [6.07, 6.45) is 6.99. The summed E-state index contributed by atoms with van der Waals surface area (Å²) < 4.78 is 65.3. The van der Waals surface area contributed by atoms with Crippen LogP contribution in [0.15, 0.2) is 0 Å². The number of thiol groups is 1. The molecule has 0 bridgehead atoms. The number of esters is 2. The van der Waals surface area contributed by atoms with Gasteiger partial charge < -0.3 is 49.3 Å². The lowest BCUT2D eigenvalue weighted by atomic mass is 9.85. The van der Waals surface area contributed by atoms with E-state index in [0.29, 0.717) is 12.8 Å². The first-order valence-electron chi connectivity index (χ1n) is 21.4. The Kier molecular flexibility index (Phi) is 30.9. The normalized spacial score (nSPS) is 22.6. The van der Waals surface area contributed by atoms with Gasteiger partial charge in [-0.05, 0) is 25.0 Å². The van der Waals surface area contributed by atoms with Crippen LogP contribution in [0.4, 0.5) is 0 Å². The summed E-state index contributed by atoms with van der Waals surface area (Å²) >= 11 is 4.21. The van der Waals surface area contributed by atoms with Gasteiger partial charge in [-0.3, -0.25) is 27.7 Å². The molecule has 0 spiro atoms. The minimum atomic E-state index is -5.54. The first-order chi connectivity index (χ1) is 28.3. The third-order valence-corrected chi connectivity index (χ3v) is 12.3. The molecular formula is C37H73O19P3S. The van der Waals surface area contributed by atoms with E-state index in [9.17, 15) is 63.1 Å². The topological polar surface area (TPSA) is 303 Å². The zero-order chi connectivity index (χ0) is 45.0. The number of carbonyl (C=O) groups excluding carboxylic acids is 2. The fourth-order valence-electron chi connectivity index (χ4n) is 6.74. The lowest BCUT2D eigenvalue weighted by Crippen LogP contribution is -2.65. The highest BCUT2D eigenvalue weighted by atomic mass is 32.1. The molecule has 0 aromatic carbocycles. The second kappa shape index (κ2) is 32.2. The average Bonchev–Trinajstić information content (AvgIpc) is 3.16. The fraction of sp³-hybridized carbons (Fsp3) is 0.946. The van der Waals surface area contributed by atoms with E-state index in [4.69, 9.17) is 18.5 Å². The Balaban J connectivity index is 2.81. The molecule has 4 unspecified atom stereocenters. The lowest BCUT2D eigenvalue weighted by Gasteiger charge is -2.44. The van der Waals surface area contributed by atoms with Gasteiger partial charge in [0, 0.05) is 12.8 Å². The molecule has 0 amide bonds. The van der Waals surface area contributed by atoms with E-state index in [-0.39, 0.29) is 12.8 Å². The summed E-state index contributed by atoms with van der Waals surface area (Å²) in [7, 11) is -16.6. The molecule has 356 valence electrons. The van der Waals surface area contributed by atoms with Crippen LogP contribution in [-0.2, 0) is 50.9 Å². The van der Waals surface area contributed by atoms with Crippen LogP contribution in [0.1, 0.15) is 161 Å². The van der Waals surface area contributed by atoms with E-state index in [0.717, 1.165) is 89.2 Å². The zero-order valence-electron chi connectivity index (χ0n) is 35.0. The molecule has 23 heteroatoms. The van der Waals surface area contributed by atoms with Crippen molar-refractivity contribution in [3.05, 3.63) is 0 Å². The summed E-state index contributed by atoms with van der Waals surface area (Å²) in [6.45, 7) is 0.697. The molecule has 1 fully saturated rings. The van der Waals surface area contributed by atoms with Gasteiger partial charge in [0.25, 0.3) is 0 Å². The van der Waals surface area contributed by atoms with Crippen LogP contribution in [0.5, 0.6) is 0 Å². The highest BCUT2D eigenvalue weighted by Crippen LogP contribution is 2.51. The Hall–Kier alpha value is -0.500. The van der Waals surface area contributed by atoms with Crippen LogP contribution < -0.4 is 0 Å². The Morgan fingerprint density at radius 1 is 0.517 bits per heavy atom. The molecule has 1 saturated carbocycles. The standard InChI is InChI=1S/C37H73O19P3S/c1-2-3-4-5-6-7-8-9-10-12-16-19-22-25-31(39)53-29(27-51-30(38)24-21-18-15-13-11-14-17-20-23-26-60)28-52-59(49,50)56-37-33(41)35(54-57(43,44)45)32(40)36(34(37)42)55-58(46,47)48/h29,32-37,40-42,60H,2-28H2,1H3,(H,49,50)(H2,43,44,45)(H2,46,47,48)/t29-,32?,33-,34?,35-,36+,37?/m1/s1. The molecular weight excluding hydrogens is 873 g/mol. The van der Waals surface area contributed by atoms with Crippen molar-refractivity contribution >= 4 is 48.0 Å². The average molecular weight is 947 g/mol. The highest BCUT2D eigenvalue weighted by Gasteiger charge is 2.56. The molecule has 0 saturated heterocycles. The number of rotatable bonds is 37. The van der Waals surface area contributed by atoms with Crippen molar-refractivity contribution in [1.29, 1.82) is 0 Å². The number of aliphatic hydroxyl groups is 3. The lowest BCUT2D eigenvalue weighted by molar-refractivity contribution is -0.213. The molecule has 0 aliphatic heterocycles. The SMILES string of the molecule is CCCCCCCCCCCCCCCC(=O)O[C@H](COC(=O)CCCCCCCCCCCS)COP(=O)(O)OC1C(O)[C@@H](OP(=O)(O)O)C(O)[C@@H](OP(=O)(O)O)[C@H]1O. The van der Waals surface area contributed by atoms with Gasteiger partial charge in [-0.1, -0.05) is 129 Å². The van der Waals surface area contributed by atoms with Crippen molar-refractivity contribution in [2.75, 3.05) is 19.0 Å². The van der Waals surface area contributed by atoms with Crippen LogP contribution in [0.3, 0.4) is 0 Å². The summed E-state index contributed by atoms with van der Waals surface area (Å²) in [6, 6.07) is 0. The van der Waals surface area contributed by atoms with Crippen molar-refractivity contribution in [3.63, 3.8) is 0 Å². The number of phosphoric acid groups is 3. The largest absolute Gasteiger partial charge is 0.472 e. The third-order valence-electron chi connectivity index (χ3n) is 9.97. The third kappa shape index (κ3) is 28.3. The van der Waals surface area contributed by atoms with Crippen molar-refractivity contribution in [1.82, 2.24) is 0 Å². The van der Waals surface area contributed by atoms with Crippen LogP contribution >= 0.6 is 36.1 Å². The summed E-state index contributed by atoms with van der Waals surface area (Å²) in [4.78, 5) is 72.9. The molecule has 60 heavy (non-hydrogen) atoms. The number of ether oxygens (including phenoxy) is 2. The Labute approximate surface area is 360 Å². The van der Waals surface area contributed by atoms with E-state index in [1.807, 2.05) is 0 Å². The second-order valence-electron chi connectivity index (χ2n) is 15.4. The minimum Gasteiger partial charge on any atom is -0.462 e. The van der Waals surface area contributed by atoms with Crippen molar-refractivity contribution in [2.45, 2.75) is 204 Å². The van der Waals surface area contributed by atoms with Gasteiger partial charge in [0.1, 0.15) is 43.2 Å². The number of unbranched alkanes of at least 4 members (excludes halogenated alkanes) is 20. The predicted molar refractivity (Wildman–Crippen MR) is 224 cm³/mol. The molecule has 0 aromatic rings. The van der Waals surface area contributed by atoms with Gasteiger partial charge in [-0.25, -0.2) is 13.7 Å². The maximum Gasteiger partial charge on any atom is 0.472 e. The van der Waals surface area contributed by atoms with Crippen LogP contribution in [-0.4, -0.2) is 113 Å². The molecule has 1 aliphatic carbocycles. The Morgan fingerprint density at radius 3 is 1.25 bits per heavy atom. The van der Waals surface area contributed by atoms with Gasteiger partial charge in [0.15, 0.2) is 6.10 Å². The van der Waals surface area contributed by atoms with E-state index >= 15 is 0 Å². The number of carbonyl (C=O) groups is 2. The smallest absolute Gasteiger partial charge is 0.462 e. The van der Waals surface area contributed by atoms with E-state index in [1.165, 1.54) is 44.9 Å². The zero-order valence-corrected chi connectivity index (χ0v) is 38.6. The van der Waals surface area contributed by atoms with Crippen molar-refractivity contribution in [2.24, 2.45) is 0 Å². The van der Waals surface area contributed by atoms with Gasteiger partial charge in [0.05, 0.1) is 6.61 Å². The monoisotopic (exact) mass is 946 g/mol. The molecule has 1 rings (SSSR count). The molecule has 0 radical (unpaired) electrons. The number of hydrogen-bond acceptors (Lipinski definition) is 15.